The standard InChI is InChI=1S/C19H17F3N4O2/c1-13-23-8-9-26(13)17-10-14(6-7-24-17)11-25-18(27)12-28-16-4-2-15(3-5-16)19(20,21)22/h2-10H,11-12H2,1H3,(H,25,27). The molecule has 0 aliphatic rings. The summed E-state index contributed by atoms with van der Waals surface area (Å²) < 4.78 is 44.6. The number of aromatic nitrogens is 3. The lowest BCUT2D eigenvalue weighted by Crippen LogP contribution is -2.28. The fourth-order valence-electron chi connectivity index (χ4n) is 2.46. The van der Waals surface area contributed by atoms with E-state index in [0.29, 0.717) is 5.82 Å². The SMILES string of the molecule is Cc1nccn1-c1cc(CNC(=O)COc2ccc(C(F)(F)F)cc2)ccn1. The summed E-state index contributed by atoms with van der Waals surface area (Å²) in [4.78, 5) is 20.4. The predicted octanol–water partition coefficient (Wildman–Crippen LogP) is 3.29. The Balaban J connectivity index is 1.51. The molecule has 0 aliphatic heterocycles. The van der Waals surface area contributed by atoms with Crippen LogP contribution in [0, 0.1) is 6.92 Å². The van der Waals surface area contributed by atoms with Crippen molar-refractivity contribution in [3.8, 4) is 11.6 Å². The van der Waals surface area contributed by atoms with Gasteiger partial charge in [-0.15, -0.1) is 0 Å². The molecule has 28 heavy (non-hydrogen) atoms. The van der Waals surface area contributed by atoms with E-state index in [0.717, 1.165) is 23.5 Å². The number of nitrogens with zero attached hydrogens (tertiary/aromatic N) is 3. The third kappa shape index (κ3) is 4.87. The Morgan fingerprint density at radius 2 is 1.89 bits per heavy atom. The molecule has 0 unspecified atom stereocenters. The molecule has 0 fully saturated rings. The molecule has 3 rings (SSSR count). The number of alkyl halides is 3. The van der Waals surface area contributed by atoms with Gasteiger partial charge in [-0.2, -0.15) is 13.2 Å². The molecule has 3 aromatic rings. The van der Waals surface area contributed by atoms with Gasteiger partial charge >= 0.3 is 6.18 Å². The van der Waals surface area contributed by atoms with E-state index >= 15 is 0 Å². The predicted molar refractivity (Wildman–Crippen MR) is 94.9 cm³/mol. The minimum Gasteiger partial charge on any atom is -0.484 e. The normalized spacial score (nSPS) is 11.3. The molecule has 0 bridgehead atoms. The van der Waals surface area contributed by atoms with Gasteiger partial charge in [-0.05, 0) is 48.9 Å². The summed E-state index contributed by atoms with van der Waals surface area (Å²) in [5.41, 5.74) is 0.0619. The van der Waals surface area contributed by atoms with Gasteiger partial charge in [0.05, 0.1) is 5.56 Å². The molecule has 0 saturated carbocycles. The Hall–Kier alpha value is -3.36. The van der Waals surface area contributed by atoms with Gasteiger partial charge in [-0.25, -0.2) is 9.97 Å². The zero-order chi connectivity index (χ0) is 20.1. The molecule has 0 spiro atoms. The van der Waals surface area contributed by atoms with Crippen molar-refractivity contribution in [1.29, 1.82) is 0 Å². The van der Waals surface area contributed by atoms with Crippen molar-refractivity contribution in [3.63, 3.8) is 0 Å². The number of rotatable bonds is 6. The first-order valence-electron chi connectivity index (χ1n) is 8.35. The molecule has 1 aromatic carbocycles. The fraction of sp³-hybridized carbons (Fsp3) is 0.211. The molecule has 0 aliphatic carbocycles. The van der Waals surface area contributed by atoms with Gasteiger partial charge in [0.2, 0.25) is 0 Å². The van der Waals surface area contributed by atoms with E-state index in [1.54, 1.807) is 24.7 Å². The maximum absolute atomic E-state index is 12.5. The van der Waals surface area contributed by atoms with Crippen LogP contribution in [0.25, 0.3) is 5.82 Å². The molecular formula is C19H17F3N4O2. The summed E-state index contributed by atoms with van der Waals surface area (Å²) in [6.45, 7) is 1.82. The second kappa shape index (κ2) is 8.12. The number of halogens is 3. The van der Waals surface area contributed by atoms with E-state index in [1.165, 1.54) is 12.1 Å². The van der Waals surface area contributed by atoms with Crippen LogP contribution < -0.4 is 10.1 Å². The molecule has 0 radical (unpaired) electrons. The summed E-state index contributed by atoms with van der Waals surface area (Å²) in [6, 6.07) is 7.77. The summed E-state index contributed by atoms with van der Waals surface area (Å²) in [7, 11) is 0. The van der Waals surface area contributed by atoms with Gasteiger partial charge in [0.15, 0.2) is 6.61 Å². The number of hydrogen-bond donors (Lipinski definition) is 1. The molecule has 146 valence electrons. The number of nitrogens with one attached hydrogen (secondary N) is 1. The number of ether oxygens (including phenoxy) is 1. The quantitative estimate of drug-likeness (QED) is 0.701. The number of aryl methyl sites for hydroxylation is 1. The first-order chi connectivity index (χ1) is 13.3. The van der Waals surface area contributed by atoms with Crippen LogP contribution in [0.2, 0.25) is 0 Å². The van der Waals surface area contributed by atoms with Crippen molar-refractivity contribution >= 4 is 5.91 Å². The molecular weight excluding hydrogens is 373 g/mol. The van der Waals surface area contributed by atoms with Crippen LogP contribution in [0.3, 0.4) is 0 Å². The molecule has 2 heterocycles. The largest absolute Gasteiger partial charge is 0.484 e. The van der Waals surface area contributed by atoms with Gasteiger partial charge in [0, 0.05) is 25.1 Å². The highest BCUT2D eigenvalue weighted by molar-refractivity contribution is 5.77. The lowest BCUT2D eigenvalue weighted by Gasteiger charge is -2.10. The van der Waals surface area contributed by atoms with Crippen molar-refractivity contribution in [2.45, 2.75) is 19.6 Å². The number of pyridine rings is 1. The van der Waals surface area contributed by atoms with Crippen molar-refractivity contribution in [3.05, 3.63) is 71.9 Å². The zero-order valence-electron chi connectivity index (χ0n) is 14.9. The fourth-order valence-corrected chi connectivity index (χ4v) is 2.46. The number of hydrogen-bond acceptors (Lipinski definition) is 4. The van der Waals surface area contributed by atoms with E-state index in [1.807, 2.05) is 17.6 Å². The van der Waals surface area contributed by atoms with Crippen LogP contribution in [-0.4, -0.2) is 27.0 Å². The van der Waals surface area contributed by atoms with Gasteiger partial charge in [0.25, 0.3) is 5.91 Å². The molecule has 0 atom stereocenters. The summed E-state index contributed by atoms with van der Waals surface area (Å²) in [5.74, 6) is 1.27. The van der Waals surface area contributed by atoms with Crippen LogP contribution in [0.15, 0.2) is 55.0 Å². The lowest BCUT2D eigenvalue weighted by atomic mass is 10.2. The molecule has 2 aromatic heterocycles. The molecule has 6 nitrogen and oxygen atoms in total. The van der Waals surface area contributed by atoms with Crippen molar-refractivity contribution < 1.29 is 22.7 Å². The van der Waals surface area contributed by atoms with E-state index < -0.39 is 17.6 Å². The first kappa shape index (κ1) is 19.4. The van der Waals surface area contributed by atoms with Crippen molar-refractivity contribution in [2.75, 3.05) is 6.61 Å². The highest BCUT2D eigenvalue weighted by Crippen LogP contribution is 2.30. The molecule has 9 heteroatoms. The number of benzene rings is 1. The average Bonchev–Trinajstić information content (AvgIpc) is 3.10. The van der Waals surface area contributed by atoms with Gasteiger partial charge in [-0.1, -0.05) is 0 Å². The number of imidazole rings is 1. The Labute approximate surface area is 159 Å². The topological polar surface area (TPSA) is 69.0 Å². The number of amides is 1. The minimum absolute atomic E-state index is 0.185. The Kier molecular flexibility index (Phi) is 5.62. The minimum atomic E-state index is -4.41. The Morgan fingerprint density at radius 1 is 1.14 bits per heavy atom. The molecule has 1 amide bonds. The monoisotopic (exact) mass is 390 g/mol. The third-order valence-electron chi connectivity index (χ3n) is 3.92. The first-order valence-corrected chi connectivity index (χ1v) is 8.35. The highest BCUT2D eigenvalue weighted by Gasteiger charge is 2.30. The van der Waals surface area contributed by atoms with E-state index in [4.69, 9.17) is 4.74 Å². The number of carbonyl (C=O) groups is 1. The van der Waals surface area contributed by atoms with Gasteiger partial charge in [-0.3, -0.25) is 9.36 Å². The van der Waals surface area contributed by atoms with Crippen LogP contribution in [0.1, 0.15) is 17.0 Å². The van der Waals surface area contributed by atoms with Crippen molar-refractivity contribution in [2.24, 2.45) is 0 Å². The van der Waals surface area contributed by atoms with Crippen LogP contribution >= 0.6 is 0 Å². The Morgan fingerprint density at radius 3 is 2.54 bits per heavy atom. The van der Waals surface area contributed by atoms with Gasteiger partial charge < -0.3 is 10.1 Å². The summed E-state index contributed by atoms with van der Waals surface area (Å²) in [6.07, 6.45) is 0.686. The van der Waals surface area contributed by atoms with E-state index in [-0.39, 0.29) is 18.9 Å². The maximum Gasteiger partial charge on any atom is 0.416 e. The summed E-state index contributed by atoms with van der Waals surface area (Å²) >= 11 is 0. The van der Waals surface area contributed by atoms with Gasteiger partial charge in [0.1, 0.15) is 17.4 Å². The average molecular weight is 390 g/mol. The van der Waals surface area contributed by atoms with Crippen LogP contribution in [-0.2, 0) is 17.5 Å². The van der Waals surface area contributed by atoms with Crippen LogP contribution in [0.4, 0.5) is 13.2 Å². The number of carbonyl (C=O) groups excluding carboxylic acids is 1. The second-order valence-corrected chi connectivity index (χ2v) is 5.95. The third-order valence-corrected chi connectivity index (χ3v) is 3.92. The van der Waals surface area contributed by atoms with Crippen molar-refractivity contribution in [1.82, 2.24) is 19.9 Å². The van der Waals surface area contributed by atoms with E-state index in [9.17, 15) is 18.0 Å². The highest BCUT2D eigenvalue weighted by atomic mass is 19.4. The smallest absolute Gasteiger partial charge is 0.416 e. The molecule has 1 N–H and O–H groups in total. The molecule has 0 saturated heterocycles. The second-order valence-electron chi connectivity index (χ2n) is 5.95. The Bertz CT molecular complexity index is 952. The maximum atomic E-state index is 12.5. The lowest BCUT2D eigenvalue weighted by molar-refractivity contribution is -0.137. The van der Waals surface area contributed by atoms with Crippen LogP contribution in [0.5, 0.6) is 5.75 Å². The summed E-state index contributed by atoms with van der Waals surface area (Å²) in [5, 5.41) is 2.70. The zero-order valence-corrected chi connectivity index (χ0v) is 14.9. The van der Waals surface area contributed by atoms with E-state index in [2.05, 4.69) is 15.3 Å².